The van der Waals surface area contributed by atoms with Crippen molar-refractivity contribution >= 4 is 12.0 Å². The molecule has 1 atom stereocenters. The first kappa shape index (κ1) is 14.7. The fraction of sp³-hybridized carbons (Fsp3) is 0.800. The maximum Gasteiger partial charge on any atom is 0.315 e. The Morgan fingerprint density at radius 1 is 1.44 bits per heavy atom. The van der Waals surface area contributed by atoms with Gasteiger partial charge in [0.2, 0.25) is 0 Å². The highest BCUT2D eigenvalue weighted by Crippen LogP contribution is 2.01. The zero-order chi connectivity index (χ0) is 12.8. The fourth-order valence-corrected chi connectivity index (χ4v) is 1.08. The van der Waals surface area contributed by atoms with Crippen LogP contribution in [-0.2, 0) is 9.53 Å². The minimum Gasteiger partial charge on any atom is -0.481 e. The molecule has 6 heteroatoms. The van der Waals surface area contributed by atoms with Crippen LogP contribution >= 0.6 is 0 Å². The van der Waals surface area contributed by atoms with Crippen LogP contribution in [0.5, 0.6) is 0 Å². The number of carbonyl (C=O) groups is 2. The predicted octanol–water partition coefficient (Wildman–Crippen LogP) is 0.431. The number of rotatable bonds is 6. The van der Waals surface area contributed by atoms with Gasteiger partial charge in [-0.05, 0) is 13.8 Å². The average Bonchev–Trinajstić information content (AvgIpc) is 2.12. The molecule has 0 saturated carbocycles. The number of carbonyl (C=O) groups excluding carboxylic acids is 1. The summed E-state index contributed by atoms with van der Waals surface area (Å²) in [7, 11) is 1.55. The Kier molecular flexibility index (Phi) is 5.81. The number of hydrogen-bond donors (Lipinski definition) is 3. The highest BCUT2D eigenvalue weighted by atomic mass is 16.5. The molecule has 16 heavy (non-hydrogen) atoms. The van der Waals surface area contributed by atoms with Gasteiger partial charge in [-0.25, -0.2) is 4.79 Å². The molecule has 1 unspecified atom stereocenters. The van der Waals surface area contributed by atoms with E-state index < -0.39 is 23.5 Å². The molecule has 0 aromatic heterocycles. The molecule has 2 amide bonds. The van der Waals surface area contributed by atoms with Crippen molar-refractivity contribution in [2.24, 2.45) is 5.92 Å². The molecule has 0 aliphatic rings. The van der Waals surface area contributed by atoms with E-state index in [0.717, 1.165) is 0 Å². The molecule has 0 rings (SSSR count). The monoisotopic (exact) mass is 232 g/mol. The van der Waals surface area contributed by atoms with Gasteiger partial charge in [-0.2, -0.15) is 0 Å². The fourth-order valence-electron chi connectivity index (χ4n) is 1.08. The van der Waals surface area contributed by atoms with Crippen molar-refractivity contribution in [1.29, 1.82) is 0 Å². The van der Waals surface area contributed by atoms with Gasteiger partial charge in [0.1, 0.15) is 0 Å². The van der Waals surface area contributed by atoms with Crippen LogP contribution < -0.4 is 10.6 Å². The van der Waals surface area contributed by atoms with E-state index in [-0.39, 0.29) is 6.54 Å². The van der Waals surface area contributed by atoms with Crippen LogP contribution in [0.3, 0.4) is 0 Å². The van der Waals surface area contributed by atoms with Gasteiger partial charge in [-0.3, -0.25) is 4.79 Å². The maximum atomic E-state index is 11.4. The number of ether oxygens (including phenoxy) is 1. The smallest absolute Gasteiger partial charge is 0.315 e. The van der Waals surface area contributed by atoms with Crippen molar-refractivity contribution in [3.63, 3.8) is 0 Å². The van der Waals surface area contributed by atoms with Crippen LogP contribution in [0.1, 0.15) is 20.8 Å². The van der Waals surface area contributed by atoms with E-state index in [9.17, 15) is 9.59 Å². The van der Waals surface area contributed by atoms with Crippen molar-refractivity contribution in [2.45, 2.75) is 26.3 Å². The third kappa shape index (κ3) is 6.23. The lowest BCUT2D eigenvalue weighted by Crippen LogP contribution is -2.51. The van der Waals surface area contributed by atoms with Gasteiger partial charge in [0.25, 0.3) is 0 Å². The molecular formula is C10H20N2O4. The first-order valence-electron chi connectivity index (χ1n) is 5.06. The van der Waals surface area contributed by atoms with Gasteiger partial charge < -0.3 is 20.5 Å². The molecule has 3 N–H and O–H groups in total. The molecule has 0 bridgehead atoms. The quantitative estimate of drug-likeness (QED) is 0.619. The summed E-state index contributed by atoms with van der Waals surface area (Å²) in [4.78, 5) is 21.9. The Morgan fingerprint density at radius 2 is 2.00 bits per heavy atom. The number of urea groups is 1. The lowest BCUT2D eigenvalue weighted by molar-refractivity contribution is -0.140. The summed E-state index contributed by atoms with van der Waals surface area (Å²) < 4.78 is 4.93. The summed E-state index contributed by atoms with van der Waals surface area (Å²) in [5, 5.41) is 13.8. The lowest BCUT2D eigenvalue weighted by atomic mass is 10.1. The van der Waals surface area contributed by atoms with Crippen molar-refractivity contribution in [3.05, 3.63) is 0 Å². The van der Waals surface area contributed by atoms with Gasteiger partial charge in [0.05, 0.1) is 18.1 Å². The largest absolute Gasteiger partial charge is 0.481 e. The van der Waals surface area contributed by atoms with E-state index in [2.05, 4.69) is 10.6 Å². The van der Waals surface area contributed by atoms with Crippen molar-refractivity contribution in [1.82, 2.24) is 10.6 Å². The second-order valence-corrected chi connectivity index (χ2v) is 4.39. The summed E-state index contributed by atoms with van der Waals surface area (Å²) in [5.41, 5.74) is -0.481. The van der Waals surface area contributed by atoms with Crippen LogP contribution in [0, 0.1) is 5.92 Å². The number of carboxylic acids is 1. The minimum absolute atomic E-state index is 0.101. The third-order valence-electron chi connectivity index (χ3n) is 1.95. The number of hydrogen-bond acceptors (Lipinski definition) is 3. The highest BCUT2D eigenvalue weighted by molar-refractivity contribution is 5.76. The standard InChI is InChI=1S/C10H20N2O4/c1-7(8(13)14)5-11-9(15)12-10(2,3)6-16-4/h7H,5-6H2,1-4H3,(H,13,14)(H2,11,12,15). The number of carboxylic acid groups (broad SMARTS) is 1. The molecule has 6 nitrogen and oxygen atoms in total. The molecule has 0 spiro atoms. The molecule has 0 heterocycles. The van der Waals surface area contributed by atoms with E-state index in [1.165, 1.54) is 6.92 Å². The summed E-state index contributed by atoms with van der Waals surface area (Å²) in [6, 6.07) is -0.393. The van der Waals surface area contributed by atoms with E-state index in [0.29, 0.717) is 6.61 Å². The second kappa shape index (κ2) is 6.32. The average molecular weight is 232 g/mol. The van der Waals surface area contributed by atoms with Crippen molar-refractivity contribution in [2.75, 3.05) is 20.3 Å². The van der Waals surface area contributed by atoms with Crippen LogP contribution in [0.15, 0.2) is 0 Å². The first-order valence-corrected chi connectivity index (χ1v) is 5.06. The van der Waals surface area contributed by atoms with Gasteiger partial charge in [-0.1, -0.05) is 6.92 Å². The van der Waals surface area contributed by atoms with Crippen LogP contribution in [0.2, 0.25) is 0 Å². The third-order valence-corrected chi connectivity index (χ3v) is 1.95. The molecule has 0 aliphatic carbocycles. The summed E-state index contributed by atoms with van der Waals surface area (Å²) in [5.74, 6) is -1.53. The molecule has 0 aromatic rings. The second-order valence-electron chi connectivity index (χ2n) is 4.39. The molecule has 94 valence electrons. The maximum absolute atomic E-state index is 11.4. The van der Waals surface area contributed by atoms with Crippen LogP contribution in [0.25, 0.3) is 0 Å². The molecule has 0 fully saturated rings. The minimum atomic E-state index is -0.934. The van der Waals surface area contributed by atoms with Gasteiger partial charge >= 0.3 is 12.0 Å². The number of amides is 2. The van der Waals surface area contributed by atoms with E-state index in [1.54, 1.807) is 7.11 Å². The molecule has 0 aromatic carbocycles. The molecular weight excluding hydrogens is 212 g/mol. The molecule has 0 aliphatic heterocycles. The van der Waals surface area contributed by atoms with Gasteiger partial charge in [-0.15, -0.1) is 0 Å². The van der Waals surface area contributed by atoms with E-state index in [4.69, 9.17) is 9.84 Å². The number of nitrogens with one attached hydrogen (secondary N) is 2. The Bertz CT molecular complexity index is 253. The zero-order valence-electron chi connectivity index (χ0n) is 10.2. The normalized spacial score (nSPS) is 13.0. The van der Waals surface area contributed by atoms with Gasteiger partial charge in [0.15, 0.2) is 0 Å². The zero-order valence-corrected chi connectivity index (χ0v) is 10.2. The Balaban J connectivity index is 3.95. The van der Waals surface area contributed by atoms with Crippen LogP contribution in [-0.4, -0.2) is 42.9 Å². The lowest BCUT2D eigenvalue weighted by Gasteiger charge is -2.25. The number of methoxy groups -OCH3 is 1. The van der Waals surface area contributed by atoms with E-state index >= 15 is 0 Å². The van der Waals surface area contributed by atoms with E-state index in [1.807, 2.05) is 13.8 Å². The molecule has 0 radical (unpaired) electrons. The Hall–Kier alpha value is -1.30. The number of aliphatic carboxylic acids is 1. The SMILES string of the molecule is COCC(C)(C)NC(=O)NCC(C)C(=O)O. The Morgan fingerprint density at radius 3 is 2.44 bits per heavy atom. The van der Waals surface area contributed by atoms with Gasteiger partial charge in [0, 0.05) is 13.7 Å². The molecule has 0 saturated heterocycles. The van der Waals surface area contributed by atoms with Crippen molar-refractivity contribution in [3.8, 4) is 0 Å². The first-order chi connectivity index (χ1) is 7.28. The van der Waals surface area contributed by atoms with Crippen LogP contribution in [0.4, 0.5) is 4.79 Å². The van der Waals surface area contributed by atoms with Crippen molar-refractivity contribution < 1.29 is 19.4 Å². The summed E-state index contributed by atoms with van der Waals surface area (Å²) >= 11 is 0. The summed E-state index contributed by atoms with van der Waals surface area (Å²) in [6.07, 6.45) is 0. The Labute approximate surface area is 95.4 Å². The topological polar surface area (TPSA) is 87.7 Å². The predicted molar refractivity (Wildman–Crippen MR) is 59.3 cm³/mol. The highest BCUT2D eigenvalue weighted by Gasteiger charge is 2.20. The summed E-state index contributed by atoms with van der Waals surface area (Å²) in [6.45, 7) is 5.65.